The Morgan fingerprint density at radius 2 is 1.89 bits per heavy atom. The predicted octanol–water partition coefficient (Wildman–Crippen LogP) is 0.845. The fraction of sp³-hybridized carbons (Fsp3) is 1.00. The van der Waals surface area contributed by atoms with Crippen molar-refractivity contribution in [1.82, 2.24) is 0 Å². The van der Waals surface area contributed by atoms with Crippen LogP contribution in [0.25, 0.3) is 0 Å². The smallest absolute Gasteiger partial charge is 0.130 e. The molecule has 19 heavy (non-hydrogen) atoms. The van der Waals surface area contributed by atoms with Gasteiger partial charge < -0.3 is 24.8 Å². The Labute approximate surface area is 115 Å². The Kier molecular flexibility index (Phi) is 5.37. The van der Waals surface area contributed by atoms with E-state index in [1.165, 1.54) is 0 Å². The van der Waals surface area contributed by atoms with E-state index in [0.717, 1.165) is 0 Å². The highest BCUT2D eigenvalue weighted by atomic mass is 16.6. The first-order valence-corrected chi connectivity index (χ1v) is 7.22. The minimum atomic E-state index is -1.41. The summed E-state index contributed by atoms with van der Waals surface area (Å²) in [4.78, 5) is 0. The van der Waals surface area contributed by atoms with Gasteiger partial charge in [-0.3, -0.25) is 0 Å². The summed E-state index contributed by atoms with van der Waals surface area (Å²) >= 11 is 0. The van der Waals surface area contributed by atoms with Crippen LogP contribution in [0.1, 0.15) is 47.0 Å². The maximum absolute atomic E-state index is 10.9. The highest BCUT2D eigenvalue weighted by Gasteiger charge is 2.68. The van der Waals surface area contributed by atoms with Crippen LogP contribution in [0, 0.1) is 0 Å². The van der Waals surface area contributed by atoms with Crippen LogP contribution >= 0.6 is 0 Å². The third-order valence-electron chi connectivity index (χ3n) is 4.76. The maximum Gasteiger partial charge on any atom is 0.130 e. The normalized spacial score (nSPS) is 38.4. The van der Waals surface area contributed by atoms with E-state index < -0.39 is 22.9 Å². The molecule has 114 valence electrons. The van der Waals surface area contributed by atoms with Gasteiger partial charge in [0, 0.05) is 6.61 Å². The van der Waals surface area contributed by atoms with Crippen molar-refractivity contribution >= 4 is 0 Å². The standard InChI is InChI=1S/C14H28O5/c1-5-12(10-15,18-8-4)14(7-3)13(17,6-2)11(16)9-19-14/h11,15-17H,5-10H2,1-4H3/t11-,12+,13+,14+/m0/s1. The molecule has 1 rings (SSSR count). The molecule has 5 nitrogen and oxygen atoms in total. The summed E-state index contributed by atoms with van der Waals surface area (Å²) in [7, 11) is 0. The predicted molar refractivity (Wildman–Crippen MR) is 72.0 cm³/mol. The highest BCUT2D eigenvalue weighted by molar-refractivity contribution is 5.18. The molecule has 0 amide bonds. The molecule has 1 aliphatic rings. The summed E-state index contributed by atoms with van der Waals surface area (Å²) in [5.41, 5.74) is -3.50. The van der Waals surface area contributed by atoms with Crippen molar-refractivity contribution < 1.29 is 24.8 Å². The quantitative estimate of drug-likeness (QED) is 0.642. The van der Waals surface area contributed by atoms with Crippen molar-refractivity contribution in [3.05, 3.63) is 0 Å². The second-order valence-corrected chi connectivity index (χ2v) is 5.22. The van der Waals surface area contributed by atoms with Crippen molar-refractivity contribution in [3.8, 4) is 0 Å². The van der Waals surface area contributed by atoms with Gasteiger partial charge >= 0.3 is 0 Å². The van der Waals surface area contributed by atoms with Crippen molar-refractivity contribution in [2.24, 2.45) is 0 Å². The fourth-order valence-corrected chi connectivity index (χ4v) is 3.60. The largest absolute Gasteiger partial charge is 0.393 e. The maximum atomic E-state index is 10.9. The SMILES string of the molecule is CCO[C@](CC)(CO)[C@@]1(CC)OC[C@H](O)[C@]1(O)CC. The van der Waals surface area contributed by atoms with E-state index in [9.17, 15) is 15.3 Å². The summed E-state index contributed by atoms with van der Waals surface area (Å²) < 4.78 is 11.6. The fourth-order valence-electron chi connectivity index (χ4n) is 3.60. The number of aliphatic hydroxyl groups excluding tert-OH is 2. The van der Waals surface area contributed by atoms with E-state index in [-0.39, 0.29) is 13.2 Å². The first-order valence-electron chi connectivity index (χ1n) is 7.22. The first-order chi connectivity index (χ1) is 8.93. The summed E-state index contributed by atoms with van der Waals surface area (Å²) in [6.07, 6.45) is 0.343. The molecule has 0 aromatic carbocycles. The van der Waals surface area contributed by atoms with Crippen LogP contribution in [0.2, 0.25) is 0 Å². The Morgan fingerprint density at radius 3 is 2.26 bits per heavy atom. The van der Waals surface area contributed by atoms with E-state index in [2.05, 4.69) is 0 Å². The first kappa shape index (κ1) is 16.9. The third kappa shape index (κ3) is 2.12. The Hall–Kier alpha value is -0.200. The van der Waals surface area contributed by atoms with Crippen molar-refractivity contribution in [1.29, 1.82) is 0 Å². The Morgan fingerprint density at radius 1 is 1.26 bits per heavy atom. The van der Waals surface area contributed by atoms with Crippen molar-refractivity contribution in [2.45, 2.75) is 69.9 Å². The van der Waals surface area contributed by atoms with Gasteiger partial charge in [0.1, 0.15) is 22.9 Å². The summed E-state index contributed by atoms with van der Waals surface area (Å²) in [5.74, 6) is 0. The molecule has 0 bridgehead atoms. The summed E-state index contributed by atoms with van der Waals surface area (Å²) in [6, 6.07) is 0. The minimum Gasteiger partial charge on any atom is -0.393 e. The number of hydrogen-bond acceptors (Lipinski definition) is 5. The molecule has 0 radical (unpaired) electrons. The zero-order chi connectivity index (χ0) is 14.7. The molecule has 0 spiro atoms. The van der Waals surface area contributed by atoms with Gasteiger partial charge in [-0.2, -0.15) is 0 Å². The Bertz CT molecular complexity index is 292. The second kappa shape index (κ2) is 6.06. The van der Waals surface area contributed by atoms with Gasteiger partial charge in [-0.25, -0.2) is 0 Å². The molecular formula is C14H28O5. The van der Waals surface area contributed by atoms with Gasteiger partial charge in [0.05, 0.1) is 13.2 Å². The molecule has 0 aromatic heterocycles. The minimum absolute atomic E-state index is 0.0625. The molecular weight excluding hydrogens is 248 g/mol. The van der Waals surface area contributed by atoms with E-state index in [1.807, 2.05) is 27.7 Å². The van der Waals surface area contributed by atoms with Crippen LogP contribution in [0.5, 0.6) is 0 Å². The molecule has 0 aliphatic carbocycles. The average molecular weight is 276 g/mol. The summed E-state index contributed by atoms with van der Waals surface area (Å²) in [6.45, 7) is 7.67. The number of ether oxygens (including phenoxy) is 2. The zero-order valence-corrected chi connectivity index (χ0v) is 12.5. The number of rotatable bonds is 7. The van der Waals surface area contributed by atoms with E-state index in [1.54, 1.807) is 0 Å². The topological polar surface area (TPSA) is 79.2 Å². The molecule has 0 saturated carbocycles. The average Bonchev–Trinajstić information content (AvgIpc) is 2.70. The van der Waals surface area contributed by atoms with Crippen LogP contribution in [-0.2, 0) is 9.47 Å². The molecule has 3 N–H and O–H groups in total. The molecule has 0 aromatic rings. The van der Waals surface area contributed by atoms with Crippen LogP contribution in [0.15, 0.2) is 0 Å². The molecule has 1 fully saturated rings. The van der Waals surface area contributed by atoms with Gasteiger partial charge in [0.2, 0.25) is 0 Å². The lowest BCUT2D eigenvalue weighted by molar-refractivity contribution is -0.265. The van der Waals surface area contributed by atoms with Crippen LogP contribution in [-0.4, -0.2) is 58.0 Å². The monoisotopic (exact) mass is 276 g/mol. The van der Waals surface area contributed by atoms with E-state index in [4.69, 9.17) is 9.47 Å². The van der Waals surface area contributed by atoms with Gasteiger partial charge in [-0.15, -0.1) is 0 Å². The number of aliphatic hydroxyl groups is 3. The van der Waals surface area contributed by atoms with Crippen molar-refractivity contribution in [2.75, 3.05) is 19.8 Å². The molecule has 1 heterocycles. The zero-order valence-electron chi connectivity index (χ0n) is 12.5. The van der Waals surface area contributed by atoms with Gasteiger partial charge in [0.15, 0.2) is 0 Å². The van der Waals surface area contributed by atoms with Crippen LogP contribution in [0.3, 0.4) is 0 Å². The molecule has 5 heteroatoms. The lowest BCUT2D eigenvalue weighted by atomic mass is 9.66. The number of hydrogen-bond donors (Lipinski definition) is 3. The van der Waals surface area contributed by atoms with Gasteiger partial charge in [-0.1, -0.05) is 20.8 Å². The molecule has 1 aliphatic heterocycles. The second-order valence-electron chi connectivity index (χ2n) is 5.22. The lowest BCUT2D eigenvalue weighted by Crippen LogP contribution is -2.70. The van der Waals surface area contributed by atoms with E-state index in [0.29, 0.717) is 25.9 Å². The van der Waals surface area contributed by atoms with Crippen molar-refractivity contribution in [3.63, 3.8) is 0 Å². The van der Waals surface area contributed by atoms with E-state index >= 15 is 0 Å². The lowest BCUT2D eigenvalue weighted by Gasteiger charge is -2.52. The summed E-state index contributed by atoms with van der Waals surface area (Å²) in [5, 5.41) is 30.9. The Balaban J connectivity index is 3.35. The molecule has 0 unspecified atom stereocenters. The van der Waals surface area contributed by atoms with Crippen LogP contribution in [0.4, 0.5) is 0 Å². The van der Waals surface area contributed by atoms with Crippen LogP contribution < -0.4 is 0 Å². The highest BCUT2D eigenvalue weighted by Crippen LogP contribution is 2.50. The molecule has 1 saturated heterocycles. The van der Waals surface area contributed by atoms with Gasteiger partial charge in [-0.05, 0) is 26.2 Å². The van der Waals surface area contributed by atoms with Gasteiger partial charge in [0.25, 0.3) is 0 Å². The third-order valence-corrected chi connectivity index (χ3v) is 4.76. The molecule has 4 atom stereocenters.